The van der Waals surface area contributed by atoms with Crippen molar-refractivity contribution in [3.05, 3.63) is 47.5 Å². The van der Waals surface area contributed by atoms with Crippen molar-refractivity contribution < 1.29 is 35.0 Å². The smallest absolute Gasteiger partial charge is 0.491 e. The quantitative estimate of drug-likeness (QED) is 0.674. The van der Waals surface area contributed by atoms with Crippen LogP contribution in [0.5, 0.6) is 11.5 Å². The summed E-state index contributed by atoms with van der Waals surface area (Å²) >= 11 is 0. The predicted octanol–water partition coefficient (Wildman–Crippen LogP) is 0.499. The molecule has 4 rings (SSSR count). The molecule has 0 spiro atoms. The van der Waals surface area contributed by atoms with Crippen molar-refractivity contribution in [2.75, 3.05) is 13.8 Å². The molecule has 0 aromatic heterocycles. The van der Waals surface area contributed by atoms with Crippen LogP contribution in [0.4, 0.5) is 4.39 Å². The van der Waals surface area contributed by atoms with E-state index < -0.39 is 21.4 Å². The summed E-state index contributed by atoms with van der Waals surface area (Å²) in [6.45, 7) is 3.48. The maximum Gasteiger partial charge on any atom is 0.491 e. The summed E-state index contributed by atoms with van der Waals surface area (Å²) in [5.41, 5.74) is 3.47. The van der Waals surface area contributed by atoms with Gasteiger partial charge in [-0.3, -0.25) is 4.39 Å². The number of hydrogen-bond acceptors (Lipinski definition) is 6. The highest BCUT2D eigenvalue weighted by Crippen LogP contribution is 2.16. The van der Waals surface area contributed by atoms with Crippen molar-refractivity contribution in [1.29, 1.82) is 0 Å². The Labute approximate surface area is 153 Å². The summed E-state index contributed by atoms with van der Waals surface area (Å²) in [5.74, 6) is 0.944. The number of ether oxygens (including phenoxy) is 1. The SMILES string of the molecule is CCOc1ccc2c(c1)B(O)OC2.OB1OCc2ccc(O)cc21.[2H]CF. The topological polar surface area (TPSA) is 88.4 Å². The summed E-state index contributed by atoms with van der Waals surface area (Å²) in [4.78, 5) is 0. The third-order valence-electron chi connectivity index (χ3n) is 3.88. The lowest BCUT2D eigenvalue weighted by Crippen LogP contribution is -2.27. The minimum Gasteiger partial charge on any atom is -0.508 e. The van der Waals surface area contributed by atoms with Crippen molar-refractivity contribution in [2.45, 2.75) is 20.1 Å². The molecule has 2 heterocycles. The minimum absolute atomic E-state index is 0.160. The molecule has 0 fully saturated rings. The Morgan fingerprint density at radius 3 is 2.19 bits per heavy atom. The van der Waals surface area contributed by atoms with Crippen LogP contribution in [0.3, 0.4) is 0 Å². The van der Waals surface area contributed by atoms with Crippen molar-refractivity contribution in [2.24, 2.45) is 0 Å². The molecule has 3 N–H and O–H groups in total. The zero-order valence-electron chi connectivity index (χ0n) is 15.4. The summed E-state index contributed by atoms with van der Waals surface area (Å²) in [6, 6.07) is 10.5. The molecule has 26 heavy (non-hydrogen) atoms. The predicted molar refractivity (Wildman–Crippen MR) is 97.5 cm³/mol. The Morgan fingerprint density at radius 2 is 1.62 bits per heavy atom. The van der Waals surface area contributed by atoms with Gasteiger partial charge in [0.15, 0.2) is 0 Å². The van der Waals surface area contributed by atoms with Crippen molar-refractivity contribution in [3.8, 4) is 11.5 Å². The zero-order valence-corrected chi connectivity index (χ0v) is 14.4. The normalized spacial score (nSPS) is 14.4. The van der Waals surface area contributed by atoms with Crippen molar-refractivity contribution in [3.63, 3.8) is 0 Å². The van der Waals surface area contributed by atoms with Gasteiger partial charge in [0.05, 0.1) is 28.3 Å². The highest BCUT2D eigenvalue weighted by Gasteiger charge is 2.27. The second-order valence-electron chi connectivity index (χ2n) is 5.50. The number of aromatic hydroxyl groups is 1. The molecule has 138 valence electrons. The first-order valence-corrected chi connectivity index (χ1v) is 8.02. The molecule has 0 atom stereocenters. The molecule has 2 aromatic rings. The zero-order chi connectivity index (χ0) is 19.8. The van der Waals surface area contributed by atoms with Crippen LogP contribution in [0.15, 0.2) is 36.4 Å². The third kappa shape index (κ3) is 4.76. The van der Waals surface area contributed by atoms with Crippen LogP contribution < -0.4 is 15.7 Å². The van der Waals surface area contributed by atoms with Gasteiger partial charge in [-0.25, -0.2) is 0 Å². The highest BCUT2D eigenvalue weighted by atomic mass is 19.1. The van der Waals surface area contributed by atoms with Crippen LogP contribution in [-0.4, -0.2) is 43.2 Å². The first-order valence-electron chi connectivity index (χ1n) is 8.72. The second kappa shape index (κ2) is 9.59. The fourth-order valence-corrected chi connectivity index (χ4v) is 2.65. The average molecular weight is 363 g/mol. The van der Waals surface area contributed by atoms with Gasteiger partial charge in [-0.2, -0.15) is 0 Å². The van der Waals surface area contributed by atoms with Crippen molar-refractivity contribution >= 4 is 25.2 Å². The van der Waals surface area contributed by atoms with E-state index in [0.717, 1.165) is 22.3 Å². The number of rotatable bonds is 2. The maximum atomic E-state index is 9.96. The van der Waals surface area contributed by atoms with Gasteiger partial charge < -0.3 is 29.2 Å². The number of phenols is 1. The number of alkyl halides is 1. The fraction of sp³-hybridized carbons (Fsp3) is 0.294. The number of halogens is 1. The third-order valence-corrected chi connectivity index (χ3v) is 3.88. The molecule has 2 aliphatic heterocycles. The van der Waals surface area contributed by atoms with E-state index in [4.69, 9.17) is 20.5 Å². The molecule has 0 saturated heterocycles. The molecule has 0 unspecified atom stereocenters. The van der Waals surface area contributed by atoms with E-state index in [1.165, 1.54) is 6.07 Å². The lowest BCUT2D eigenvalue weighted by molar-refractivity contribution is 0.275. The number of fused-ring (bicyclic) bond motifs is 2. The number of hydrogen-bond donors (Lipinski definition) is 3. The molecule has 6 nitrogen and oxygen atoms in total. The summed E-state index contributed by atoms with van der Waals surface area (Å²) < 4.78 is 30.8. The van der Waals surface area contributed by atoms with Gasteiger partial charge in [-0.05, 0) is 53.2 Å². The van der Waals surface area contributed by atoms with Crippen LogP contribution in [0.2, 0.25) is 0 Å². The monoisotopic (exact) mass is 363 g/mol. The Kier molecular flexibility index (Phi) is 6.90. The van der Waals surface area contributed by atoms with Crippen LogP contribution in [0, 0.1) is 0 Å². The summed E-state index contributed by atoms with van der Waals surface area (Å²) in [6.07, 6.45) is 0. The molecule has 2 aliphatic rings. The molecular weight excluding hydrogens is 341 g/mol. The van der Waals surface area contributed by atoms with Crippen LogP contribution in [0.1, 0.15) is 19.4 Å². The van der Waals surface area contributed by atoms with E-state index in [-0.39, 0.29) is 5.75 Å². The summed E-state index contributed by atoms with van der Waals surface area (Å²) in [5, 5.41) is 27.6. The van der Waals surface area contributed by atoms with E-state index in [0.29, 0.717) is 25.3 Å². The molecule has 0 aliphatic carbocycles. The van der Waals surface area contributed by atoms with Gasteiger partial charge in [0.2, 0.25) is 0 Å². The van der Waals surface area contributed by atoms with Crippen LogP contribution in [0.25, 0.3) is 0 Å². The van der Waals surface area contributed by atoms with Gasteiger partial charge >= 0.3 is 14.2 Å². The molecule has 0 amide bonds. The molecule has 9 heteroatoms. The molecule has 0 saturated carbocycles. The lowest BCUT2D eigenvalue weighted by atomic mass is 9.79. The molecular formula is C17H21B2FO6. The molecule has 2 aromatic carbocycles. The standard InChI is InChI=1S/C9H11BO3.C7H7BO3.CH3F/c1-2-12-8-4-3-7-6-13-10(11)9(7)5-8;9-6-2-1-5-4-11-8(10)7(5)3-6;1-2/h3-5,11H,2,6H2,1H3;1-3,9-10H,4H2;1H3/i;;1D. The molecule has 0 bridgehead atoms. The Hall–Kier alpha value is -2.06. The van der Waals surface area contributed by atoms with Crippen LogP contribution in [-0.2, 0) is 22.5 Å². The van der Waals surface area contributed by atoms with Gasteiger partial charge in [0, 0.05) is 0 Å². The first-order chi connectivity index (χ1) is 13.0. The van der Waals surface area contributed by atoms with Gasteiger partial charge in [0.1, 0.15) is 11.5 Å². The first kappa shape index (κ1) is 18.7. The number of benzene rings is 2. The van der Waals surface area contributed by atoms with E-state index in [2.05, 4.69) is 0 Å². The lowest BCUT2D eigenvalue weighted by Gasteiger charge is -2.04. The Bertz CT molecular complexity index is 751. The average Bonchev–Trinajstić information content (AvgIpc) is 3.20. The largest absolute Gasteiger partial charge is 0.508 e. The minimum atomic E-state index is -1.00. The van der Waals surface area contributed by atoms with E-state index in [1.54, 1.807) is 12.1 Å². The summed E-state index contributed by atoms with van der Waals surface area (Å²) in [7, 11) is -2.65. The highest BCUT2D eigenvalue weighted by molar-refractivity contribution is 6.62. The molecule has 0 radical (unpaired) electrons. The van der Waals surface area contributed by atoms with E-state index in [9.17, 15) is 14.4 Å². The number of phenolic OH excluding ortho intramolecular Hbond substituents is 1. The maximum absolute atomic E-state index is 9.96. The second-order valence-corrected chi connectivity index (χ2v) is 5.50. The van der Waals surface area contributed by atoms with Gasteiger partial charge in [-0.15, -0.1) is 0 Å². The Morgan fingerprint density at radius 1 is 1.08 bits per heavy atom. The van der Waals surface area contributed by atoms with E-state index >= 15 is 0 Å². The Balaban J connectivity index is 0.000000171. The van der Waals surface area contributed by atoms with Crippen molar-refractivity contribution in [1.82, 2.24) is 0 Å². The van der Waals surface area contributed by atoms with E-state index in [1.807, 2.05) is 25.1 Å². The van der Waals surface area contributed by atoms with Gasteiger partial charge in [0.25, 0.3) is 0 Å². The van der Waals surface area contributed by atoms with Crippen LogP contribution >= 0.6 is 0 Å². The fourth-order valence-electron chi connectivity index (χ4n) is 2.65. The van der Waals surface area contributed by atoms with Gasteiger partial charge in [-0.1, -0.05) is 12.1 Å².